The van der Waals surface area contributed by atoms with Crippen molar-refractivity contribution in [3.05, 3.63) is 35.9 Å². The lowest BCUT2D eigenvalue weighted by atomic mass is 9.64. The van der Waals surface area contributed by atoms with Crippen LogP contribution in [0.1, 0.15) is 63.9 Å². The predicted molar refractivity (Wildman–Crippen MR) is 86.0 cm³/mol. The van der Waals surface area contributed by atoms with Crippen LogP contribution in [0.2, 0.25) is 0 Å². The molecule has 0 spiro atoms. The number of hydrogen-bond acceptors (Lipinski definition) is 1. The molecule has 0 bridgehead atoms. The van der Waals surface area contributed by atoms with Crippen LogP contribution in [0.25, 0.3) is 0 Å². The van der Waals surface area contributed by atoms with Crippen molar-refractivity contribution in [3.8, 4) is 0 Å². The summed E-state index contributed by atoms with van der Waals surface area (Å²) in [4.78, 5) is 2.78. The molecule has 1 heterocycles. The third-order valence-corrected chi connectivity index (χ3v) is 5.60. The summed E-state index contributed by atoms with van der Waals surface area (Å²) in [6.07, 6.45) is 8.39. The molecule has 0 N–H and O–H groups in total. The first-order valence-electron chi connectivity index (χ1n) is 8.46. The highest BCUT2D eigenvalue weighted by molar-refractivity contribution is 5.22. The van der Waals surface area contributed by atoms with E-state index in [1.54, 1.807) is 5.56 Å². The summed E-state index contributed by atoms with van der Waals surface area (Å²) in [7, 11) is 0. The monoisotopic (exact) mass is 271 g/mol. The minimum absolute atomic E-state index is 0.432. The lowest BCUT2D eigenvalue weighted by Gasteiger charge is -2.47. The van der Waals surface area contributed by atoms with E-state index in [4.69, 9.17) is 0 Å². The Morgan fingerprint density at radius 2 is 1.65 bits per heavy atom. The van der Waals surface area contributed by atoms with Gasteiger partial charge in [-0.1, -0.05) is 50.6 Å². The summed E-state index contributed by atoms with van der Waals surface area (Å²) in [5.74, 6) is 0.741. The van der Waals surface area contributed by atoms with Crippen LogP contribution in [0.3, 0.4) is 0 Å². The molecule has 3 rings (SSSR count). The average molecular weight is 271 g/mol. The fraction of sp³-hybridized carbons (Fsp3) is 0.684. The fourth-order valence-corrected chi connectivity index (χ4v) is 4.50. The largest absolute Gasteiger partial charge is 0.300 e. The van der Waals surface area contributed by atoms with Crippen molar-refractivity contribution in [2.75, 3.05) is 13.1 Å². The van der Waals surface area contributed by atoms with Gasteiger partial charge in [-0.2, -0.15) is 0 Å². The number of hydrogen-bond donors (Lipinski definition) is 0. The predicted octanol–water partition coefficient (Wildman–Crippen LogP) is 4.83. The fourth-order valence-electron chi connectivity index (χ4n) is 4.50. The highest BCUT2D eigenvalue weighted by atomic mass is 15.2. The van der Waals surface area contributed by atoms with E-state index in [0.29, 0.717) is 5.41 Å². The lowest BCUT2D eigenvalue weighted by Crippen LogP contribution is -2.45. The molecule has 0 radical (unpaired) electrons. The number of likely N-dealkylation sites (tertiary alicyclic amines) is 1. The third-order valence-electron chi connectivity index (χ3n) is 5.60. The Morgan fingerprint density at radius 3 is 2.30 bits per heavy atom. The van der Waals surface area contributed by atoms with E-state index in [1.807, 2.05) is 0 Å². The maximum absolute atomic E-state index is 2.78. The van der Waals surface area contributed by atoms with Crippen molar-refractivity contribution in [2.45, 2.75) is 64.3 Å². The van der Waals surface area contributed by atoms with Crippen molar-refractivity contribution in [2.24, 2.45) is 5.41 Å². The average Bonchev–Trinajstić information content (AvgIpc) is 2.48. The first-order chi connectivity index (χ1) is 9.67. The minimum Gasteiger partial charge on any atom is -0.300 e. The highest BCUT2D eigenvalue weighted by Gasteiger charge is 2.39. The Labute approximate surface area is 124 Å². The molecule has 0 aromatic heterocycles. The van der Waals surface area contributed by atoms with Gasteiger partial charge in [-0.25, -0.2) is 0 Å². The standard InChI is InChI=1S/C19H29N/c1-19(2)15-17(20-13-7-4-8-14-20)11-12-18(19)16-9-5-3-6-10-16/h3,5-6,9-10,17-18H,4,7-8,11-15H2,1-2H3. The molecular formula is C19H29N. The molecule has 1 aromatic rings. The van der Waals surface area contributed by atoms with Gasteiger partial charge in [0.25, 0.3) is 0 Å². The molecule has 2 aliphatic rings. The number of piperidine rings is 1. The number of rotatable bonds is 2. The first kappa shape index (κ1) is 14.1. The van der Waals surface area contributed by atoms with Gasteiger partial charge in [-0.05, 0) is 62.1 Å². The molecule has 1 saturated carbocycles. The van der Waals surface area contributed by atoms with Crippen molar-refractivity contribution < 1.29 is 0 Å². The van der Waals surface area contributed by atoms with Crippen LogP contribution in [0, 0.1) is 5.41 Å². The van der Waals surface area contributed by atoms with Gasteiger partial charge in [0.2, 0.25) is 0 Å². The molecule has 110 valence electrons. The Kier molecular flexibility index (Phi) is 4.16. The van der Waals surface area contributed by atoms with Crippen LogP contribution in [0.5, 0.6) is 0 Å². The molecule has 1 saturated heterocycles. The van der Waals surface area contributed by atoms with Gasteiger partial charge in [0.05, 0.1) is 0 Å². The zero-order chi connectivity index (χ0) is 14.0. The molecule has 1 aromatic carbocycles. The van der Waals surface area contributed by atoms with Crippen molar-refractivity contribution >= 4 is 0 Å². The van der Waals surface area contributed by atoms with E-state index >= 15 is 0 Å². The van der Waals surface area contributed by atoms with Gasteiger partial charge < -0.3 is 4.90 Å². The second-order valence-corrected chi connectivity index (χ2v) is 7.48. The second kappa shape index (κ2) is 5.89. The van der Waals surface area contributed by atoms with Gasteiger partial charge in [-0.3, -0.25) is 0 Å². The molecule has 1 aliphatic carbocycles. The topological polar surface area (TPSA) is 3.24 Å². The summed E-state index contributed by atoms with van der Waals surface area (Å²) in [6, 6.07) is 12.0. The summed E-state index contributed by atoms with van der Waals surface area (Å²) < 4.78 is 0. The Hall–Kier alpha value is -0.820. The molecule has 20 heavy (non-hydrogen) atoms. The summed E-state index contributed by atoms with van der Waals surface area (Å²) in [5, 5.41) is 0. The van der Waals surface area contributed by atoms with E-state index < -0.39 is 0 Å². The molecular weight excluding hydrogens is 242 g/mol. The van der Waals surface area contributed by atoms with Gasteiger partial charge in [-0.15, -0.1) is 0 Å². The van der Waals surface area contributed by atoms with Crippen LogP contribution >= 0.6 is 0 Å². The lowest BCUT2D eigenvalue weighted by molar-refractivity contribution is 0.0645. The van der Waals surface area contributed by atoms with Crippen molar-refractivity contribution in [3.63, 3.8) is 0 Å². The van der Waals surface area contributed by atoms with E-state index in [0.717, 1.165) is 12.0 Å². The summed E-state index contributed by atoms with van der Waals surface area (Å²) in [5.41, 5.74) is 1.98. The Balaban J connectivity index is 1.70. The SMILES string of the molecule is CC1(C)CC(N2CCCCC2)CCC1c1ccccc1. The first-order valence-corrected chi connectivity index (χ1v) is 8.46. The van der Waals surface area contributed by atoms with Crippen LogP contribution < -0.4 is 0 Å². The van der Waals surface area contributed by atoms with Gasteiger partial charge in [0.15, 0.2) is 0 Å². The van der Waals surface area contributed by atoms with Crippen molar-refractivity contribution in [1.29, 1.82) is 0 Å². The maximum Gasteiger partial charge on any atom is 0.0101 e. The Bertz CT molecular complexity index is 417. The Morgan fingerprint density at radius 1 is 0.950 bits per heavy atom. The zero-order valence-electron chi connectivity index (χ0n) is 13.1. The van der Waals surface area contributed by atoms with Crippen molar-refractivity contribution in [1.82, 2.24) is 4.90 Å². The molecule has 0 amide bonds. The minimum atomic E-state index is 0.432. The molecule has 2 atom stereocenters. The highest BCUT2D eigenvalue weighted by Crippen LogP contribution is 2.48. The summed E-state index contributed by atoms with van der Waals surface area (Å²) >= 11 is 0. The van der Waals surface area contributed by atoms with E-state index in [9.17, 15) is 0 Å². The normalized spacial score (nSPS) is 31.1. The third kappa shape index (κ3) is 2.93. The van der Waals surface area contributed by atoms with Crippen LogP contribution in [0.15, 0.2) is 30.3 Å². The van der Waals surface area contributed by atoms with Gasteiger partial charge in [0, 0.05) is 6.04 Å². The van der Waals surface area contributed by atoms with E-state index in [-0.39, 0.29) is 0 Å². The molecule has 1 nitrogen and oxygen atoms in total. The summed E-state index contributed by atoms with van der Waals surface area (Å²) in [6.45, 7) is 7.66. The molecule has 1 aliphatic heterocycles. The zero-order valence-corrected chi connectivity index (χ0v) is 13.1. The molecule has 1 heteroatoms. The van der Waals surface area contributed by atoms with Gasteiger partial charge in [0.1, 0.15) is 0 Å². The van der Waals surface area contributed by atoms with Crippen LogP contribution in [-0.4, -0.2) is 24.0 Å². The van der Waals surface area contributed by atoms with Gasteiger partial charge >= 0.3 is 0 Å². The number of benzene rings is 1. The second-order valence-electron chi connectivity index (χ2n) is 7.48. The molecule has 2 fully saturated rings. The molecule has 2 unspecified atom stereocenters. The van der Waals surface area contributed by atoms with Crippen LogP contribution in [0.4, 0.5) is 0 Å². The van der Waals surface area contributed by atoms with E-state index in [1.165, 1.54) is 51.6 Å². The quantitative estimate of drug-likeness (QED) is 0.744. The van der Waals surface area contributed by atoms with Crippen LogP contribution in [-0.2, 0) is 0 Å². The smallest absolute Gasteiger partial charge is 0.0101 e. The maximum atomic E-state index is 2.78. The number of nitrogens with zero attached hydrogens (tertiary/aromatic N) is 1. The van der Waals surface area contributed by atoms with E-state index in [2.05, 4.69) is 49.1 Å².